The molecule has 0 saturated carbocycles. The summed E-state index contributed by atoms with van der Waals surface area (Å²) in [6.07, 6.45) is 0.330. The number of likely N-dealkylation sites (N-methyl/N-ethyl adjacent to an activating group) is 1. The van der Waals surface area contributed by atoms with Gasteiger partial charge in [0.15, 0.2) is 0 Å². The van der Waals surface area contributed by atoms with Gasteiger partial charge < -0.3 is 9.80 Å². The Hall–Kier alpha value is -3.29. The molecule has 7 heteroatoms. The standard InChI is InChI=1S/C28H32N4O2S/c1-19-12-13-20(2)25(17-19)32-27(29-24-11-7-6-10-23(24)28(32)34)21(3)31(15-14-30(4)5)26(33)18-22-9-8-16-35-22/h6-13,16-17,21H,14-15,18H2,1-5H3. The minimum Gasteiger partial charge on any atom is -0.331 e. The van der Waals surface area contributed by atoms with Gasteiger partial charge in [-0.15, -0.1) is 11.3 Å². The van der Waals surface area contributed by atoms with E-state index in [1.165, 1.54) is 0 Å². The predicted octanol–water partition coefficient (Wildman–Crippen LogP) is 4.76. The van der Waals surface area contributed by atoms with Gasteiger partial charge in [0, 0.05) is 18.0 Å². The van der Waals surface area contributed by atoms with Gasteiger partial charge in [-0.25, -0.2) is 4.98 Å². The number of amides is 1. The van der Waals surface area contributed by atoms with Crippen molar-refractivity contribution >= 4 is 28.1 Å². The van der Waals surface area contributed by atoms with Gasteiger partial charge in [-0.05, 0) is 75.6 Å². The number of hydrogen-bond acceptors (Lipinski definition) is 5. The molecule has 2 aromatic carbocycles. The molecule has 182 valence electrons. The number of rotatable bonds is 8. The monoisotopic (exact) mass is 488 g/mol. The Morgan fingerprint density at radius 3 is 2.54 bits per heavy atom. The van der Waals surface area contributed by atoms with Crippen LogP contribution < -0.4 is 5.56 Å². The van der Waals surface area contributed by atoms with E-state index in [9.17, 15) is 9.59 Å². The maximum atomic E-state index is 13.8. The molecule has 2 aromatic heterocycles. The van der Waals surface area contributed by atoms with Gasteiger partial charge >= 0.3 is 0 Å². The summed E-state index contributed by atoms with van der Waals surface area (Å²) >= 11 is 1.58. The summed E-state index contributed by atoms with van der Waals surface area (Å²) in [4.78, 5) is 37.3. The molecule has 1 amide bonds. The van der Waals surface area contributed by atoms with Crippen LogP contribution in [-0.2, 0) is 11.2 Å². The van der Waals surface area contributed by atoms with Crippen molar-refractivity contribution in [2.45, 2.75) is 33.2 Å². The molecule has 0 saturated heterocycles. The Morgan fingerprint density at radius 2 is 1.83 bits per heavy atom. The number of para-hydroxylation sites is 1. The maximum absolute atomic E-state index is 13.8. The Kier molecular flexibility index (Phi) is 7.48. The summed E-state index contributed by atoms with van der Waals surface area (Å²) in [6, 6.07) is 17.0. The lowest BCUT2D eigenvalue weighted by Crippen LogP contribution is -2.41. The number of nitrogens with zero attached hydrogens (tertiary/aromatic N) is 4. The van der Waals surface area contributed by atoms with Crippen molar-refractivity contribution in [3.8, 4) is 5.69 Å². The van der Waals surface area contributed by atoms with Gasteiger partial charge in [-0.2, -0.15) is 0 Å². The van der Waals surface area contributed by atoms with E-state index in [2.05, 4.69) is 4.90 Å². The fourth-order valence-electron chi connectivity index (χ4n) is 4.27. The summed E-state index contributed by atoms with van der Waals surface area (Å²) in [6.45, 7) is 7.23. The molecular weight excluding hydrogens is 456 g/mol. The van der Waals surface area contributed by atoms with E-state index in [-0.39, 0.29) is 11.5 Å². The normalized spacial score (nSPS) is 12.3. The fraction of sp³-hybridized carbons (Fsp3) is 0.321. The van der Waals surface area contributed by atoms with Crippen molar-refractivity contribution < 1.29 is 4.79 Å². The van der Waals surface area contributed by atoms with Gasteiger partial charge in [0.05, 0.1) is 29.1 Å². The molecule has 1 atom stereocenters. The molecule has 0 radical (unpaired) electrons. The molecule has 0 spiro atoms. The number of hydrogen-bond donors (Lipinski definition) is 0. The lowest BCUT2D eigenvalue weighted by molar-refractivity contribution is -0.133. The molecule has 0 aliphatic heterocycles. The molecule has 1 unspecified atom stereocenters. The van der Waals surface area contributed by atoms with Crippen molar-refractivity contribution in [2.75, 3.05) is 27.2 Å². The molecule has 6 nitrogen and oxygen atoms in total. The molecule has 0 fully saturated rings. The Labute approximate surface area is 210 Å². The summed E-state index contributed by atoms with van der Waals surface area (Å²) in [5.41, 5.74) is 3.35. The van der Waals surface area contributed by atoms with E-state index in [1.54, 1.807) is 15.9 Å². The molecule has 2 heterocycles. The summed E-state index contributed by atoms with van der Waals surface area (Å²) in [5, 5.41) is 2.55. The van der Waals surface area contributed by atoms with E-state index >= 15 is 0 Å². The number of aryl methyl sites for hydroxylation is 2. The quantitative estimate of drug-likeness (QED) is 0.359. The van der Waals surface area contributed by atoms with Crippen LogP contribution in [-0.4, -0.2) is 52.4 Å². The van der Waals surface area contributed by atoms with E-state index in [0.29, 0.717) is 36.2 Å². The molecule has 4 aromatic rings. The minimum absolute atomic E-state index is 0.0247. The minimum atomic E-state index is -0.403. The van der Waals surface area contributed by atoms with Crippen molar-refractivity contribution in [3.63, 3.8) is 0 Å². The number of carbonyl (C=O) groups is 1. The highest BCUT2D eigenvalue weighted by Gasteiger charge is 2.27. The second kappa shape index (κ2) is 10.5. The van der Waals surface area contributed by atoms with Gasteiger partial charge in [0.2, 0.25) is 5.91 Å². The van der Waals surface area contributed by atoms with Crippen LogP contribution >= 0.6 is 11.3 Å². The van der Waals surface area contributed by atoms with Crippen molar-refractivity contribution in [3.05, 3.63) is 92.2 Å². The number of benzene rings is 2. The van der Waals surface area contributed by atoms with E-state index in [1.807, 2.05) is 99.7 Å². The van der Waals surface area contributed by atoms with Crippen LogP contribution in [0.25, 0.3) is 16.6 Å². The zero-order chi connectivity index (χ0) is 25.1. The smallest absolute Gasteiger partial charge is 0.266 e. The summed E-state index contributed by atoms with van der Waals surface area (Å²) in [5.74, 6) is 0.595. The van der Waals surface area contributed by atoms with E-state index < -0.39 is 6.04 Å². The summed E-state index contributed by atoms with van der Waals surface area (Å²) < 4.78 is 1.70. The average Bonchev–Trinajstić information content (AvgIpc) is 3.33. The lowest BCUT2D eigenvalue weighted by Gasteiger charge is -2.31. The highest BCUT2D eigenvalue weighted by molar-refractivity contribution is 7.10. The van der Waals surface area contributed by atoms with Crippen molar-refractivity contribution in [2.24, 2.45) is 0 Å². The predicted molar refractivity (Wildman–Crippen MR) is 144 cm³/mol. The fourth-order valence-corrected chi connectivity index (χ4v) is 4.96. The van der Waals surface area contributed by atoms with Gasteiger partial charge in [-0.3, -0.25) is 14.2 Å². The van der Waals surface area contributed by atoms with Crippen LogP contribution in [0, 0.1) is 13.8 Å². The topological polar surface area (TPSA) is 58.4 Å². The Bertz CT molecular complexity index is 1390. The zero-order valence-corrected chi connectivity index (χ0v) is 21.8. The van der Waals surface area contributed by atoms with Gasteiger partial charge in [-0.1, -0.05) is 30.3 Å². The first-order valence-electron chi connectivity index (χ1n) is 11.8. The van der Waals surface area contributed by atoms with Gasteiger partial charge in [0.25, 0.3) is 5.56 Å². The highest BCUT2D eigenvalue weighted by Crippen LogP contribution is 2.26. The number of carbonyl (C=O) groups excluding carboxylic acids is 1. The summed E-state index contributed by atoms with van der Waals surface area (Å²) in [7, 11) is 3.99. The molecular formula is C28H32N4O2S. The molecule has 0 aliphatic rings. The highest BCUT2D eigenvalue weighted by atomic mass is 32.1. The van der Waals surface area contributed by atoms with Crippen LogP contribution in [0.1, 0.15) is 34.8 Å². The van der Waals surface area contributed by atoms with Crippen LogP contribution in [0.4, 0.5) is 0 Å². The number of aromatic nitrogens is 2. The lowest BCUT2D eigenvalue weighted by atomic mass is 10.1. The molecule has 0 aliphatic carbocycles. The largest absolute Gasteiger partial charge is 0.331 e. The number of thiophene rings is 1. The van der Waals surface area contributed by atoms with E-state index in [4.69, 9.17) is 4.98 Å². The molecule has 0 N–H and O–H groups in total. The van der Waals surface area contributed by atoms with Crippen LogP contribution in [0.2, 0.25) is 0 Å². The first-order valence-corrected chi connectivity index (χ1v) is 12.7. The van der Waals surface area contributed by atoms with E-state index in [0.717, 1.165) is 21.7 Å². The maximum Gasteiger partial charge on any atom is 0.266 e. The first-order chi connectivity index (χ1) is 16.8. The van der Waals surface area contributed by atoms with Gasteiger partial charge in [0.1, 0.15) is 5.82 Å². The zero-order valence-electron chi connectivity index (χ0n) is 21.0. The van der Waals surface area contributed by atoms with Crippen LogP contribution in [0.3, 0.4) is 0 Å². The Balaban J connectivity index is 1.88. The third-order valence-corrected chi connectivity index (χ3v) is 7.14. The second-order valence-electron chi connectivity index (χ2n) is 9.24. The van der Waals surface area contributed by atoms with Crippen LogP contribution in [0.5, 0.6) is 0 Å². The molecule has 0 bridgehead atoms. The van der Waals surface area contributed by atoms with Crippen molar-refractivity contribution in [1.82, 2.24) is 19.4 Å². The number of fused-ring (bicyclic) bond motifs is 1. The first kappa shape index (κ1) is 24.8. The molecule has 4 rings (SSSR count). The van der Waals surface area contributed by atoms with Crippen molar-refractivity contribution in [1.29, 1.82) is 0 Å². The average molecular weight is 489 g/mol. The third-order valence-electron chi connectivity index (χ3n) is 6.26. The van der Waals surface area contributed by atoms with Crippen LogP contribution in [0.15, 0.2) is 64.8 Å². The Morgan fingerprint density at radius 1 is 1.06 bits per heavy atom. The third kappa shape index (κ3) is 5.36. The SMILES string of the molecule is Cc1ccc(C)c(-n2c(C(C)N(CCN(C)C)C(=O)Cc3cccs3)nc3ccccc3c2=O)c1. The second-order valence-corrected chi connectivity index (χ2v) is 10.3. The molecule has 35 heavy (non-hydrogen) atoms.